The first kappa shape index (κ1) is 10.3. The molecule has 1 rings (SSSR count). The van der Waals surface area contributed by atoms with Crippen LogP contribution in [-0.4, -0.2) is 11.4 Å². The molecule has 0 aliphatic rings. The molecule has 0 saturated carbocycles. The van der Waals surface area contributed by atoms with E-state index in [4.69, 9.17) is 5.11 Å². The average Bonchev–Trinajstić information content (AvgIpc) is 2.08. The minimum absolute atomic E-state index is 0.240. The van der Waals surface area contributed by atoms with Crippen molar-refractivity contribution in [3.63, 3.8) is 0 Å². The number of hydrogen-bond donors (Lipinski definition) is 1. The molecule has 1 N–H and O–H groups in total. The fourth-order valence-corrected chi connectivity index (χ4v) is 2.34. The first-order chi connectivity index (χ1) is 5.69. The van der Waals surface area contributed by atoms with Crippen molar-refractivity contribution >= 4 is 34.4 Å². The largest absolute Gasteiger partial charge is 0.392 e. The second-order valence-electron chi connectivity index (χ2n) is 2.24. The maximum absolute atomic E-state index is 13.3. The molecular formula is C8H8FIOS. The first-order valence-electron chi connectivity index (χ1n) is 3.31. The molecule has 0 aliphatic carbocycles. The highest BCUT2D eigenvalue weighted by atomic mass is 127. The van der Waals surface area contributed by atoms with Crippen LogP contribution in [0.25, 0.3) is 0 Å². The van der Waals surface area contributed by atoms with Crippen LogP contribution in [-0.2, 0) is 6.61 Å². The minimum atomic E-state index is -0.301. The van der Waals surface area contributed by atoms with Crippen LogP contribution in [0.15, 0.2) is 17.0 Å². The van der Waals surface area contributed by atoms with Crippen molar-refractivity contribution in [2.45, 2.75) is 11.5 Å². The highest BCUT2D eigenvalue weighted by Crippen LogP contribution is 2.24. The maximum Gasteiger partial charge on any atom is 0.142 e. The maximum atomic E-state index is 13.3. The highest BCUT2D eigenvalue weighted by Gasteiger charge is 2.07. The predicted molar refractivity (Wildman–Crippen MR) is 56.8 cm³/mol. The Morgan fingerprint density at radius 2 is 2.25 bits per heavy atom. The molecule has 0 saturated heterocycles. The molecular weight excluding hydrogens is 290 g/mol. The van der Waals surface area contributed by atoms with Crippen LogP contribution < -0.4 is 0 Å². The monoisotopic (exact) mass is 298 g/mol. The van der Waals surface area contributed by atoms with Crippen molar-refractivity contribution in [3.05, 3.63) is 27.1 Å². The number of rotatable bonds is 2. The molecule has 1 nitrogen and oxygen atoms in total. The lowest BCUT2D eigenvalue weighted by molar-refractivity contribution is 0.274. The Bertz CT molecular complexity index is 265. The molecule has 12 heavy (non-hydrogen) atoms. The summed E-state index contributed by atoms with van der Waals surface area (Å²) in [7, 11) is 0. The number of benzene rings is 1. The summed E-state index contributed by atoms with van der Waals surface area (Å²) in [6.45, 7) is -0.240. The Morgan fingerprint density at radius 1 is 1.58 bits per heavy atom. The lowest BCUT2D eigenvalue weighted by Gasteiger charge is -2.04. The minimum Gasteiger partial charge on any atom is -0.392 e. The van der Waals surface area contributed by atoms with E-state index in [1.807, 2.05) is 6.26 Å². The Hall–Kier alpha value is 0.190. The third kappa shape index (κ3) is 2.11. The summed E-state index contributed by atoms with van der Waals surface area (Å²) >= 11 is 3.45. The van der Waals surface area contributed by atoms with Crippen LogP contribution in [0.3, 0.4) is 0 Å². The van der Waals surface area contributed by atoms with Gasteiger partial charge < -0.3 is 5.11 Å². The second kappa shape index (κ2) is 4.43. The standard InChI is InChI=1S/C8H8FIOS/c1-12-7-3-6(10)2-5(4-11)8(7)9/h2-3,11H,4H2,1H3. The summed E-state index contributed by atoms with van der Waals surface area (Å²) in [5.74, 6) is -0.301. The Labute approximate surface area is 88.5 Å². The van der Waals surface area contributed by atoms with Crippen LogP contribution in [0.1, 0.15) is 5.56 Å². The van der Waals surface area contributed by atoms with Crippen LogP contribution >= 0.6 is 34.4 Å². The zero-order valence-corrected chi connectivity index (χ0v) is 9.45. The van der Waals surface area contributed by atoms with Crippen LogP contribution in [0.5, 0.6) is 0 Å². The van der Waals surface area contributed by atoms with Gasteiger partial charge in [-0.1, -0.05) is 0 Å². The van der Waals surface area contributed by atoms with E-state index < -0.39 is 0 Å². The van der Waals surface area contributed by atoms with Crippen molar-refractivity contribution in [3.8, 4) is 0 Å². The topological polar surface area (TPSA) is 20.2 Å². The summed E-state index contributed by atoms with van der Waals surface area (Å²) in [5, 5.41) is 8.81. The van der Waals surface area contributed by atoms with Crippen LogP contribution in [0.4, 0.5) is 4.39 Å². The van der Waals surface area contributed by atoms with Gasteiger partial charge in [-0.15, -0.1) is 11.8 Å². The highest BCUT2D eigenvalue weighted by molar-refractivity contribution is 14.1. The van der Waals surface area contributed by atoms with E-state index >= 15 is 0 Å². The van der Waals surface area contributed by atoms with Gasteiger partial charge in [-0.05, 0) is 41.0 Å². The molecule has 0 aromatic heterocycles. The van der Waals surface area contributed by atoms with E-state index in [0.29, 0.717) is 10.5 Å². The van der Waals surface area contributed by atoms with Gasteiger partial charge in [-0.25, -0.2) is 4.39 Å². The molecule has 0 radical (unpaired) electrons. The van der Waals surface area contributed by atoms with E-state index in [2.05, 4.69) is 22.6 Å². The summed E-state index contributed by atoms with van der Waals surface area (Å²) in [6, 6.07) is 3.41. The molecule has 0 aliphatic heterocycles. The van der Waals surface area contributed by atoms with E-state index in [9.17, 15) is 4.39 Å². The zero-order chi connectivity index (χ0) is 9.14. The predicted octanol–water partition coefficient (Wildman–Crippen LogP) is 2.64. The zero-order valence-electron chi connectivity index (χ0n) is 6.47. The Balaban J connectivity index is 3.22. The number of aliphatic hydroxyl groups excluding tert-OH is 1. The van der Waals surface area contributed by atoms with Gasteiger partial charge in [0, 0.05) is 14.0 Å². The van der Waals surface area contributed by atoms with Crippen LogP contribution in [0, 0.1) is 9.39 Å². The van der Waals surface area contributed by atoms with Gasteiger partial charge in [-0.2, -0.15) is 0 Å². The molecule has 0 bridgehead atoms. The van der Waals surface area contributed by atoms with E-state index in [0.717, 1.165) is 3.57 Å². The van der Waals surface area contributed by atoms with Crippen molar-refractivity contribution in [1.82, 2.24) is 0 Å². The smallest absolute Gasteiger partial charge is 0.142 e. The molecule has 0 spiro atoms. The van der Waals surface area contributed by atoms with Crippen molar-refractivity contribution in [2.24, 2.45) is 0 Å². The number of hydrogen-bond acceptors (Lipinski definition) is 2. The summed E-state index contributed by atoms with van der Waals surface area (Å²) in [6.07, 6.45) is 1.82. The fraction of sp³-hybridized carbons (Fsp3) is 0.250. The lowest BCUT2D eigenvalue weighted by atomic mass is 10.2. The number of thioether (sulfide) groups is 1. The van der Waals surface area contributed by atoms with Gasteiger partial charge in [0.25, 0.3) is 0 Å². The molecule has 4 heteroatoms. The second-order valence-corrected chi connectivity index (χ2v) is 4.33. The number of halogens is 2. The fourth-order valence-electron chi connectivity index (χ4n) is 0.882. The molecule has 0 heterocycles. The summed E-state index contributed by atoms with van der Waals surface area (Å²) < 4.78 is 14.2. The normalized spacial score (nSPS) is 10.3. The van der Waals surface area contributed by atoms with Crippen molar-refractivity contribution in [2.75, 3.05) is 6.26 Å². The first-order valence-corrected chi connectivity index (χ1v) is 5.62. The molecule has 1 aromatic carbocycles. The van der Waals surface area contributed by atoms with E-state index in [1.165, 1.54) is 11.8 Å². The van der Waals surface area contributed by atoms with Crippen LogP contribution in [0.2, 0.25) is 0 Å². The molecule has 66 valence electrons. The van der Waals surface area contributed by atoms with Gasteiger partial charge in [0.2, 0.25) is 0 Å². The quantitative estimate of drug-likeness (QED) is 0.669. The number of aliphatic hydroxyl groups is 1. The Kier molecular flexibility index (Phi) is 3.79. The van der Waals surface area contributed by atoms with Gasteiger partial charge in [0.05, 0.1) is 6.61 Å². The molecule has 0 atom stereocenters. The van der Waals surface area contributed by atoms with Gasteiger partial charge in [0.15, 0.2) is 0 Å². The third-order valence-corrected chi connectivity index (χ3v) is 2.83. The molecule has 0 amide bonds. The average molecular weight is 298 g/mol. The van der Waals surface area contributed by atoms with Gasteiger partial charge in [-0.3, -0.25) is 0 Å². The molecule has 0 unspecified atom stereocenters. The van der Waals surface area contributed by atoms with Crippen molar-refractivity contribution in [1.29, 1.82) is 0 Å². The van der Waals surface area contributed by atoms with Gasteiger partial charge >= 0.3 is 0 Å². The SMILES string of the molecule is CSc1cc(I)cc(CO)c1F. The Morgan fingerprint density at radius 3 is 2.75 bits per heavy atom. The van der Waals surface area contributed by atoms with Gasteiger partial charge in [0.1, 0.15) is 5.82 Å². The summed E-state index contributed by atoms with van der Waals surface area (Å²) in [4.78, 5) is 0.589. The van der Waals surface area contributed by atoms with Crippen molar-refractivity contribution < 1.29 is 9.50 Å². The summed E-state index contributed by atoms with van der Waals surface area (Å²) in [5.41, 5.74) is 0.367. The lowest BCUT2D eigenvalue weighted by Crippen LogP contribution is -1.93. The molecule has 0 fully saturated rings. The molecule has 1 aromatic rings. The van der Waals surface area contributed by atoms with E-state index in [-0.39, 0.29) is 12.4 Å². The van der Waals surface area contributed by atoms with E-state index in [1.54, 1.807) is 12.1 Å². The third-order valence-electron chi connectivity index (χ3n) is 1.47.